The van der Waals surface area contributed by atoms with Crippen molar-refractivity contribution >= 4 is 23.3 Å². The van der Waals surface area contributed by atoms with Gasteiger partial charge in [-0.2, -0.15) is 0 Å². The average molecular weight is 463 g/mol. The maximum atomic E-state index is 13.2. The molecule has 8 heteroatoms. The van der Waals surface area contributed by atoms with Crippen LogP contribution in [-0.2, 0) is 9.47 Å². The van der Waals surface area contributed by atoms with Crippen LogP contribution >= 0.6 is 11.6 Å². The Bertz CT molecular complexity index is 1240. The van der Waals surface area contributed by atoms with Crippen molar-refractivity contribution in [3.8, 4) is 5.69 Å². The lowest BCUT2D eigenvalue weighted by Crippen LogP contribution is -2.46. The molecule has 3 atom stereocenters. The molecular weight excluding hydrogens is 440 g/mol. The molecule has 33 heavy (non-hydrogen) atoms. The number of hydrogen-bond donors (Lipinski definition) is 0. The van der Waals surface area contributed by atoms with Crippen LogP contribution in [0.2, 0.25) is 5.02 Å². The minimum Gasteiger partial charge on any atom is -0.433 e. The lowest BCUT2D eigenvalue weighted by Gasteiger charge is -2.32. The van der Waals surface area contributed by atoms with Crippen molar-refractivity contribution < 1.29 is 14.3 Å². The van der Waals surface area contributed by atoms with Gasteiger partial charge in [-0.1, -0.05) is 41.9 Å². The molecule has 1 aromatic heterocycles. The Labute approximate surface area is 196 Å². The van der Waals surface area contributed by atoms with E-state index in [-0.39, 0.29) is 18.3 Å². The summed E-state index contributed by atoms with van der Waals surface area (Å²) in [5.74, 6) is 1.31. The van der Waals surface area contributed by atoms with Gasteiger partial charge in [0.05, 0.1) is 31.0 Å². The second kappa shape index (κ2) is 8.01. The lowest BCUT2D eigenvalue weighted by atomic mass is 9.96. The van der Waals surface area contributed by atoms with E-state index in [2.05, 4.69) is 16.3 Å². The molecule has 2 bridgehead atoms. The molecule has 3 aromatic rings. The minimum atomic E-state index is -0.697. The van der Waals surface area contributed by atoms with Crippen molar-refractivity contribution in [2.45, 2.75) is 38.1 Å². The third kappa shape index (κ3) is 3.61. The normalized spacial score (nSPS) is 23.4. The average Bonchev–Trinajstić information content (AvgIpc) is 3.33. The van der Waals surface area contributed by atoms with Gasteiger partial charge in [0.2, 0.25) is 0 Å². The summed E-state index contributed by atoms with van der Waals surface area (Å²) in [5, 5.41) is 9.37. The highest BCUT2D eigenvalue weighted by Gasteiger charge is 2.38. The molecule has 3 unspecified atom stereocenters. The second-order valence-corrected chi connectivity index (χ2v) is 9.15. The van der Waals surface area contributed by atoms with Crippen LogP contribution in [0.4, 0.5) is 4.79 Å². The highest BCUT2D eigenvalue weighted by molar-refractivity contribution is 6.30. The number of amides is 1. The Morgan fingerprint density at radius 2 is 1.79 bits per heavy atom. The molecule has 0 aliphatic carbocycles. The first-order valence-electron chi connectivity index (χ1n) is 11.2. The number of rotatable bonds is 2. The fourth-order valence-corrected chi connectivity index (χ4v) is 5.11. The topological polar surface area (TPSA) is 69.5 Å². The second-order valence-electron chi connectivity index (χ2n) is 8.71. The van der Waals surface area contributed by atoms with Crippen LogP contribution in [0.1, 0.15) is 41.7 Å². The Balaban J connectivity index is 1.43. The summed E-state index contributed by atoms with van der Waals surface area (Å²) >= 11 is 6.14. The maximum absolute atomic E-state index is 13.2. The Morgan fingerprint density at radius 3 is 2.55 bits per heavy atom. The van der Waals surface area contributed by atoms with E-state index in [1.54, 1.807) is 4.90 Å². The Kier molecular flexibility index (Phi) is 4.96. The minimum absolute atomic E-state index is 0.0979. The zero-order chi connectivity index (χ0) is 22.5. The fraction of sp³-hybridized carbons (Fsp3) is 0.320. The molecule has 1 amide bonds. The van der Waals surface area contributed by atoms with E-state index >= 15 is 0 Å². The van der Waals surface area contributed by atoms with E-state index in [0.717, 1.165) is 41.1 Å². The number of aryl methyl sites for hydroxylation is 1. The molecule has 7 nitrogen and oxygen atoms in total. The number of fused-ring (bicyclic) bond motifs is 5. The Hall–Kier alpha value is -3.16. The number of carbonyl (C=O) groups is 1. The molecule has 0 N–H and O–H groups in total. The summed E-state index contributed by atoms with van der Waals surface area (Å²) in [4.78, 5) is 15.0. The quantitative estimate of drug-likeness (QED) is 0.551. The van der Waals surface area contributed by atoms with Crippen LogP contribution in [-0.4, -0.2) is 51.1 Å². The molecular formula is C25H23ClN4O3. The molecule has 2 fully saturated rings. The van der Waals surface area contributed by atoms with Gasteiger partial charge in [-0.15, -0.1) is 10.2 Å². The van der Waals surface area contributed by atoms with Gasteiger partial charge >= 0.3 is 6.09 Å². The van der Waals surface area contributed by atoms with Crippen molar-refractivity contribution in [1.82, 2.24) is 19.7 Å². The predicted molar refractivity (Wildman–Crippen MR) is 123 cm³/mol. The van der Waals surface area contributed by atoms with Crippen LogP contribution in [0, 0.1) is 6.92 Å². The van der Waals surface area contributed by atoms with Crippen LogP contribution in [0.5, 0.6) is 0 Å². The number of morpholine rings is 1. The van der Waals surface area contributed by atoms with Crippen LogP contribution < -0.4 is 0 Å². The number of likely N-dealkylation sites (tertiary alicyclic amines) is 1. The van der Waals surface area contributed by atoms with E-state index in [9.17, 15) is 4.79 Å². The number of hydrogen-bond acceptors (Lipinski definition) is 5. The summed E-state index contributed by atoms with van der Waals surface area (Å²) in [6, 6.07) is 15.7. The van der Waals surface area contributed by atoms with Crippen molar-refractivity contribution in [2.75, 3.05) is 13.1 Å². The van der Waals surface area contributed by atoms with Crippen molar-refractivity contribution in [3.05, 3.63) is 82.4 Å². The summed E-state index contributed by atoms with van der Waals surface area (Å²) in [7, 11) is 0. The van der Waals surface area contributed by atoms with Gasteiger partial charge in [0.25, 0.3) is 0 Å². The number of aromatic nitrogens is 3. The zero-order valence-corrected chi connectivity index (χ0v) is 18.9. The lowest BCUT2D eigenvalue weighted by molar-refractivity contribution is -0.0396. The van der Waals surface area contributed by atoms with E-state index in [1.165, 1.54) is 0 Å². The van der Waals surface area contributed by atoms with Crippen molar-refractivity contribution in [1.29, 1.82) is 0 Å². The van der Waals surface area contributed by atoms with E-state index in [0.29, 0.717) is 23.9 Å². The van der Waals surface area contributed by atoms with Gasteiger partial charge in [-0.05, 0) is 55.2 Å². The highest BCUT2D eigenvalue weighted by Crippen LogP contribution is 2.38. The molecule has 0 spiro atoms. The third-order valence-corrected chi connectivity index (χ3v) is 6.79. The Morgan fingerprint density at radius 1 is 1.06 bits per heavy atom. The van der Waals surface area contributed by atoms with Crippen LogP contribution in [0.25, 0.3) is 11.3 Å². The third-order valence-electron chi connectivity index (χ3n) is 6.54. The van der Waals surface area contributed by atoms with Gasteiger partial charge in [0, 0.05) is 10.6 Å². The fourth-order valence-electron chi connectivity index (χ4n) is 4.99. The van der Waals surface area contributed by atoms with Gasteiger partial charge < -0.3 is 14.4 Å². The van der Waals surface area contributed by atoms with Gasteiger partial charge in [-0.3, -0.25) is 4.57 Å². The molecule has 2 aromatic carbocycles. The monoisotopic (exact) mass is 462 g/mol. The van der Waals surface area contributed by atoms with E-state index < -0.39 is 6.10 Å². The summed E-state index contributed by atoms with van der Waals surface area (Å²) in [5.41, 5.74) is 3.88. The van der Waals surface area contributed by atoms with Crippen molar-refractivity contribution in [3.63, 3.8) is 0 Å². The number of para-hydroxylation sites is 1. The van der Waals surface area contributed by atoms with Gasteiger partial charge in [-0.25, -0.2) is 4.79 Å². The predicted octanol–water partition coefficient (Wildman–Crippen LogP) is 4.72. The smallest absolute Gasteiger partial charge is 0.410 e. The molecule has 168 valence electrons. The van der Waals surface area contributed by atoms with Crippen molar-refractivity contribution in [2.24, 2.45) is 0 Å². The SMILES string of the molecule is Cc1nnc2n1-c1ccccc1C(c1ccc(Cl)cc1)=CC2OC(=O)N1CC2CCC(C1)O2. The number of ether oxygens (including phenoxy) is 2. The zero-order valence-electron chi connectivity index (χ0n) is 18.1. The number of nitrogens with zero attached hydrogens (tertiary/aromatic N) is 4. The molecule has 6 rings (SSSR count). The first kappa shape index (κ1) is 20.4. The summed E-state index contributed by atoms with van der Waals surface area (Å²) in [6.07, 6.45) is 3.08. The molecule has 3 aliphatic rings. The number of benzene rings is 2. The van der Waals surface area contributed by atoms with Gasteiger partial charge in [0.15, 0.2) is 11.9 Å². The first-order chi connectivity index (χ1) is 16.1. The van der Waals surface area contributed by atoms with E-state index in [1.807, 2.05) is 60.0 Å². The maximum Gasteiger partial charge on any atom is 0.410 e. The number of carbonyl (C=O) groups excluding carboxylic acids is 1. The highest BCUT2D eigenvalue weighted by atomic mass is 35.5. The molecule has 3 aliphatic heterocycles. The largest absolute Gasteiger partial charge is 0.433 e. The standard InChI is InChI=1S/C25H23ClN4O3/c1-15-27-28-24-23(33-25(31)29-13-18-10-11-19(14-29)32-18)12-21(16-6-8-17(26)9-7-16)20-4-2-3-5-22(20)30(15)24/h2-9,12,18-19,23H,10-11,13-14H2,1H3. The molecule has 0 radical (unpaired) electrons. The summed E-state index contributed by atoms with van der Waals surface area (Å²) < 4.78 is 13.9. The summed E-state index contributed by atoms with van der Waals surface area (Å²) in [6.45, 7) is 3.02. The number of halogens is 1. The van der Waals surface area contributed by atoms with Crippen LogP contribution in [0.15, 0.2) is 54.6 Å². The first-order valence-corrected chi connectivity index (χ1v) is 11.5. The molecule has 0 saturated carbocycles. The molecule has 4 heterocycles. The van der Waals surface area contributed by atoms with Crippen LogP contribution in [0.3, 0.4) is 0 Å². The molecule has 2 saturated heterocycles. The van der Waals surface area contributed by atoms with Gasteiger partial charge in [0.1, 0.15) is 5.82 Å². The van der Waals surface area contributed by atoms with E-state index in [4.69, 9.17) is 21.1 Å².